The molecule has 1 heterocycles. The van der Waals surface area contributed by atoms with Gasteiger partial charge in [0.1, 0.15) is 5.75 Å². The van der Waals surface area contributed by atoms with E-state index in [0.29, 0.717) is 12.4 Å². The first kappa shape index (κ1) is 18.4. The SMILES string of the molecule is CC(=O)N[C@H](C)CC(=O)NCc1cccnc1Oc1ccccc1C. The maximum atomic E-state index is 12.0. The number of hydrogen-bond acceptors (Lipinski definition) is 4. The fraction of sp³-hybridized carbons (Fsp3) is 0.316. The summed E-state index contributed by atoms with van der Waals surface area (Å²) in [6.45, 7) is 5.49. The Balaban J connectivity index is 1.98. The third-order valence-electron chi connectivity index (χ3n) is 3.57. The van der Waals surface area contributed by atoms with Gasteiger partial charge in [-0.3, -0.25) is 9.59 Å². The molecule has 25 heavy (non-hydrogen) atoms. The molecule has 6 nitrogen and oxygen atoms in total. The van der Waals surface area contributed by atoms with Gasteiger partial charge < -0.3 is 15.4 Å². The predicted molar refractivity (Wildman–Crippen MR) is 95.2 cm³/mol. The lowest BCUT2D eigenvalue weighted by Crippen LogP contribution is -2.35. The first-order valence-corrected chi connectivity index (χ1v) is 8.17. The summed E-state index contributed by atoms with van der Waals surface area (Å²) in [6.07, 6.45) is 1.87. The Labute approximate surface area is 147 Å². The molecule has 0 saturated heterocycles. The van der Waals surface area contributed by atoms with Gasteiger partial charge in [-0.15, -0.1) is 0 Å². The number of aromatic nitrogens is 1. The number of aryl methyl sites for hydroxylation is 1. The van der Waals surface area contributed by atoms with Crippen molar-refractivity contribution in [1.29, 1.82) is 0 Å². The summed E-state index contributed by atoms with van der Waals surface area (Å²) in [4.78, 5) is 27.3. The van der Waals surface area contributed by atoms with E-state index in [2.05, 4.69) is 15.6 Å². The van der Waals surface area contributed by atoms with Gasteiger partial charge in [-0.1, -0.05) is 24.3 Å². The molecule has 2 rings (SSSR count). The Morgan fingerprint density at radius 2 is 1.96 bits per heavy atom. The van der Waals surface area contributed by atoms with Crippen LogP contribution in [0.4, 0.5) is 0 Å². The van der Waals surface area contributed by atoms with Gasteiger partial charge in [0.15, 0.2) is 0 Å². The normalized spacial score (nSPS) is 11.5. The number of carbonyl (C=O) groups is 2. The van der Waals surface area contributed by atoms with E-state index >= 15 is 0 Å². The molecule has 0 unspecified atom stereocenters. The molecule has 132 valence electrons. The van der Waals surface area contributed by atoms with Crippen molar-refractivity contribution in [2.45, 2.75) is 39.8 Å². The van der Waals surface area contributed by atoms with Crippen LogP contribution in [-0.2, 0) is 16.1 Å². The number of carbonyl (C=O) groups excluding carboxylic acids is 2. The van der Waals surface area contributed by atoms with E-state index in [1.54, 1.807) is 19.2 Å². The van der Waals surface area contributed by atoms with Crippen LogP contribution in [-0.4, -0.2) is 22.8 Å². The molecular formula is C19H23N3O3. The Kier molecular flexibility index (Phi) is 6.51. The van der Waals surface area contributed by atoms with Gasteiger partial charge in [-0.2, -0.15) is 0 Å². The average Bonchev–Trinajstić information content (AvgIpc) is 2.55. The highest BCUT2D eigenvalue weighted by Crippen LogP contribution is 2.25. The molecule has 0 aliphatic rings. The number of pyridine rings is 1. The lowest BCUT2D eigenvalue weighted by Gasteiger charge is -2.14. The number of para-hydroxylation sites is 1. The van der Waals surface area contributed by atoms with E-state index in [1.165, 1.54) is 6.92 Å². The van der Waals surface area contributed by atoms with E-state index in [4.69, 9.17) is 4.74 Å². The summed E-state index contributed by atoms with van der Waals surface area (Å²) in [5.41, 5.74) is 1.79. The monoisotopic (exact) mass is 341 g/mol. The van der Waals surface area contributed by atoms with Crippen LogP contribution in [0.25, 0.3) is 0 Å². The van der Waals surface area contributed by atoms with Crippen molar-refractivity contribution in [3.8, 4) is 11.6 Å². The Hall–Kier alpha value is -2.89. The Morgan fingerprint density at radius 3 is 2.68 bits per heavy atom. The fourth-order valence-corrected chi connectivity index (χ4v) is 2.37. The smallest absolute Gasteiger partial charge is 0.224 e. The summed E-state index contributed by atoms with van der Waals surface area (Å²) >= 11 is 0. The second-order valence-corrected chi connectivity index (χ2v) is 5.92. The third kappa shape index (κ3) is 5.91. The zero-order valence-electron chi connectivity index (χ0n) is 14.7. The molecular weight excluding hydrogens is 318 g/mol. The molecule has 6 heteroatoms. The predicted octanol–water partition coefficient (Wildman–Crippen LogP) is 2.71. The molecule has 1 aromatic heterocycles. The number of amides is 2. The van der Waals surface area contributed by atoms with E-state index in [9.17, 15) is 9.59 Å². The molecule has 0 saturated carbocycles. The molecule has 0 aliphatic heterocycles. The molecule has 0 fully saturated rings. The van der Waals surface area contributed by atoms with Crippen molar-refractivity contribution in [2.75, 3.05) is 0 Å². The van der Waals surface area contributed by atoms with Gasteiger partial charge in [-0.05, 0) is 31.5 Å². The third-order valence-corrected chi connectivity index (χ3v) is 3.57. The van der Waals surface area contributed by atoms with Crippen LogP contribution in [0.3, 0.4) is 0 Å². The number of benzene rings is 1. The molecule has 0 spiro atoms. The van der Waals surface area contributed by atoms with Crippen molar-refractivity contribution in [1.82, 2.24) is 15.6 Å². The first-order valence-electron chi connectivity index (χ1n) is 8.17. The molecule has 1 aromatic carbocycles. The number of ether oxygens (including phenoxy) is 1. The second kappa shape index (κ2) is 8.82. The van der Waals surface area contributed by atoms with Crippen molar-refractivity contribution >= 4 is 11.8 Å². The molecule has 2 aromatic rings. The van der Waals surface area contributed by atoms with Gasteiger partial charge in [0.05, 0.1) is 0 Å². The second-order valence-electron chi connectivity index (χ2n) is 5.92. The number of hydrogen-bond donors (Lipinski definition) is 2. The summed E-state index contributed by atoms with van der Waals surface area (Å²) < 4.78 is 5.89. The molecule has 0 radical (unpaired) electrons. The average molecular weight is 341 g/mol. The van der Waals surface area contributed by atoms with Gasteiger partial charge in [0.25, 0.3) is 0 Å². The summed E-state index contributed by atoms with van der Waals surface area (Å²) in [7, 11) is 0. The maximum Gasteiger partial charge on any atom is 0.224 e. The highest BCUT2D eigenvalue weighted by Gasteiger charge is 2.12. The quantitative estimate of drug-likeness (QED) is 0.811. The van der Waals surface area contributed by atoms with Crippen LogP contribution in [0.5, 0.6) is 11.6 Å². The van der Waals surface area contributed by atoms with E-state index in [-0.39, 0.29) is 24.3 Å². The van der Waals surface area contributed by atoms with Crippen molar-refractivity contribution in [3.05, 3.63) is 53.7 Å². The van der Waals surface area contributed by atoms with Gasteiger partial charge in [0, 0.05) is 37.7 Å². The molecule has 0 aliphatic carbocycles. The van der Waals surface area contributed by atoms with Crippen LogP contribution in [0.1, 0.15) is 31.4 Å². The zero-order valence-corrected chi connectivity index (χ0v) is 14.7. The minimum atomic E-state index is -0.214. The van der Waals surface area contributed by atoms with Crippen molar-refractivity contribution in [2.24, 2.45) is 0 Å². The van der Waals surface area contributed by atoms with Crippen LogP contribution in [0.15, 0.2) is 42.6 Å². The van der Waals surface area contributed by atoms with E-state index in [0.717, 1.165) is 16.9 Å². The zero-order chi connectivity index (χ0) is 18.2. The molecule has 2 amide bonds. The van der Waals surface area contributed by atoms with Crippen LogP contribution < -0.4 is 15.4 Å². The highest BCUT2D eigenvalue weighted by molar-refractivity contribution is 5.78. The molecule has 1 atom stereocenters. The van der Waals surface area contributed by atoms with Gasteiger partial charge >= 0.3 is 0 Å². The summed E-state index contributed by atoms with van der Waals surface area (Å²) in [5.74, 6) is 0.897. The number of nitrogens with zero attached hydrogens (tertiary/aromatic N) is 1. The number of rotatable bonds is 7. The minimum absolute atomic E-state index is 0.146. The minimum Gasteiger partial charge on any atom is -0.438 e. The van der Waals surface area contributed by atoms with Crippen LogP contribution in [0.2, 0.25) is 0 Å². The van der Waals surface area contributed by atoms with E-state index < -0.39 is 0 Å². The summed E-state index contributed by atoms with van der Waals surface area (Å²) in [5, 5.41) is 5.52. The van der Waals surface area contributed by atoms with Crippen LogP contribution in [0, 0.1) is 6.92 Å². The van der Waals surface area contributed by atoms with Crippen molar-refractivity contribution < 1.29 is 14.3 Å². The van der Waals surface area contributed by atoms with Gasteiger partial charge in [0.2, 0.25) is 17.7 Å². The summed E-state index contributed by atoms with van der Waals surface area (Å²) in [6, 6.07) is 11.1. The Morgan fingerprint density at radius 1 is 1.20 bits per heavy atom. The lowest BCUT2D eigenvalue weighted by molar-refractivity contribution is -0.122. The van der Waals surface area contributed by atoms with E-state index in [1.807, 2.05) is 37.3 Å². The van der Waals surface area contributed by atoms with Crippen molar-refractivity contribution in [3.63, 3.8) is 0 Å². The lowest BCUT2D eigenvalue weighted by atomic mass is 10.2. The van der Waals surface area contributed by atoms with Crippen LogP contribution >= 0.6 is 0 Å². The molecule has 0 bridgehead atoms. The highest BCUT2D eigenvalue weighted by atomic mass is 16.5. The van der Waals surface area contributed by atoms with Gasteiger partial charge in [-0.25, -0.2) is 4.98 Å². The first-order chi connectivity index (χ1) is 12.0. The standard InChI is InChI=1S/C19H23N3O3/c1-13-7-4-5-9-17(13)25-19-16(8-6-10-20-19)12-21-18(24)11-14(2)22-15(3)23/h4-10,14H,11-12H2,1-3H3,(H,21,24)(H,22,23)/t14-/m1/s1. The largest absolute Gasteiger partial charge is 0.438 e. The Bertz CT molecular complexity index is 746. The number of nitrogens with one attached hydrogen (secondary N) is 2. The maximum absolute atomic E-state index is 12.0. The topological polar surface area (TPSA) is 80.3 Å². The molecule has 2 N–H and O–H groups in total. The fourth-order valence-electron chi connectivity index (χ4n) is 2.37.